The van der Waals surface area contributed by atoms with Gasteiger partial charge in [0, 0.05) is 12.8 Å². The number of phenolic OH excluding ortho intramolecular Hbond substituents is 1. The van der Waals surface area contributed by atoms with Gasteiger partial charge < -0.3 is 37.6 Å². The summed E-state index contributed by atoms with van der Waals surface area (Å²) in [5.41, 5.74) is 11.0. The Labute approximate surface area is 191 Å². The van der Waals surface area contributed by atoms with Crippen LogP contribution in [0.25, 0.3) is 0 Å². The van der Waals surface area contributed by atoms with Crippen LogP contribution >= 0.6 is 0 Å². The molecule has 3 atom stereocenters. The molecule has 12 nitrogen and oxygen atoms in total. The fourth-order valence-corrected chi connectivity index (χ4v) is 2.92. The highest BCUT2D eigenvalue weighted by molar-refractivity contribution is 5.94. The van der Waals surface area contributed by atoms with Gasteiger partial charge in [-0.25, -0.2) is 4.79 Å². The molecule has 0 spiro atoms. The first-order valence-electron chi connectivity index (χ1n) is 10.3. The summed E-state index contributed by atoms with van der Waals surface area (Å²) in [4.78, 5) is 59.9. The molecule has 4 amide bonds. The molecule has 0 bridgehead atoms. The number of benzene rings is 1. The first-order valence-corrected chi connectivity index (χ1v) is 10.3. The molecule has 1 aromatic carbocycles. The van der Waals surface area contributed by atoms with Crippen molar-refractivity contribution in [3.05, 3.63) is 29.8 Å². The van der Waals surface area contributed by atoms with Gasteiger partial charge in [-0.1, -0.05) is 26.0 Å². The van der Waals surface area contributed by atoms with Crippen molar-refractivity contribution in [1.29, 1.82) is 0 Å². The van der Waals surface area contributed by atoms with Crippen molar-refractivity contribution >= 4 is 29.6 Å². The smallest absolute Gasteiger partial charge is 0.326 e. The fraction of sp³-hybridized carbons (Fsp3) is 0.476. The van der Waals surface area contributed by atoms with Crippen LogP contribution in [0.5, 0.6) is 5.75 Å². The van der Waals surface area contributed by atoms with E-state index in [1.54, 1.807) is 26.0 Å². The van der Waals surface area contributed by atoms with E-state index in [0.29, 0.717) is 5.56 Å². The zero-order valence-electron chi connectivity index (χ0n) is 18.5. The van der Waals surface area contributed by atoms with Gasteiger partial charge in [0.15, 0.2) is 0 Å². The molecule has 182 valence electrons. The van der Waals surface area contributed by atoms with Gasteiger partial charge in [0.25, 0.3) is 0 Å². The highest BCUT2D eigenvalue weighted by Crippen LogP contribution is 2.12. The third kappa shape index (κ3) is 9.56. The summed E-state index contributed by atoms with van der Waals surface area (Å²) >= 11 is 0. The third-order valence-electron chi connectivity index (χ3n) is 4.75. The second-order valence-electron chi connectivity index (χ2n) is 7.83. The van der Waals surface area contributed by atoms with E-state index in [1.165, 1.54) is 12.1 Å². The van der Waals surface area contributed by atoms with Gasteiger partial charge in [0.05, 0.1) is 6.54 Å². The number of nitrogens with two attached hydrogens (primary N) is 2. The summed E-state index contributed by atoms with van der Waals surface area (Å²) in [6, 6.07) is 2.44. The van der Waals surface area contributed by atoms with Crippen LogP contribution in [0.2, 0.25) is 0 Å². The average molecular weight is 466 g/mol. The monoisotopic (exact) mass is 465 g/mol. The zero-order valence-corrected chi connectivity index (χ0v) is 18.5. The number of primary amides is 1. The molecule has 12 heteroatoms. The molecule has 0 aliphatic heterocycles. The summed E-state index contributed by atoms with van der Waals surface area (Å²) in [5.74, 6) is -4.48. The molecule has 3 unspecified atom stereocenters. The van der Waals surface area contributed by atoms with Gasteiger partial charge in [0.1, 0.15) is 23.9 Å². The van der Waals surface area contributed by atoms with Gasteiger partial charge in [0.2, 0.25) is 23.6 Å². The molecule has 0 saturated heterocycles. The topological polar surface area (TPSA) is 214 Å². The number of aliphatic carboxylic acids is 1. The molecular weight excluding hydrogens is 434 g/mol. The van der Waals surface area contributed by atoms with Crippen LogP contribution in [0.15, 0.2) is 24.3 Å². The predicted octanol–water partition coefficient (Wildman–Crippen LogP) is -1.65. The molecule has 1 aromatic rings. The first-order chi connectivity index (χ1) is 15.4. The molecule has 0 aliphatic rings. The van der Waals surface area contributed by atoms with Crippen molar-refractivity contribution in [2.24, 2.45) is 17.4 Å². The third-order valence-corrected chi connectivity index (χ3v) is 4.75. The maximum Gasteiger partial charge on any atom is 0.326 e. The summed E-state index contributed by atoms with van der Waals surface area (Å²) in [6.07, 6.45) is -0.387. The highest BCUT2D eigenvalue weighted by Gasteiger charge is 2.31. The number of amides is 4. The molecule has 1 rings (SSSR count). The molecule has 0 aromatic heterocycles. The Kier molecular flexibility index (Phi) is 10.8. The second kappa shape index (κ2) is 13.0. The van der Waals surface area contributed by atoms with E-state index in [1.807, 2.05) is 0 Å². The van der Waals surface area contributed by atoms with Crippen LogP contribution < -0.4 is 27.4 Å². The van der Waals surface area contributed by atoms with E-state index in [4.69, 9.17) is 11.5 Å². The van der Waals surface area contributed by atoms with Crippen LogP contribution in [-0.4, -0.2) is 64.5 Å². The van der Waals surface area contributed by atoms with E-state index < -0.39 is 53.6 Å². The number of aromatic hydroxyl groups is 1. The van der Waals surface area contributed by atoms with Crippen LogP contribution in [0.3, 0.4) is 0 Å². The second-order valence-corrected chi connectivity index (χ2v) is 7.83. The summed E-state index contributed by atoms with van der Waals surface area (Å²) in [6.45, 7) is 2.95. The van der Waals surface area contributed by atoms with E-state index in [9.17, 15) is 34.2 Å². The lowest BCUT2D eigenvalue weighted by Crippen LogP contribution is -2.58. The molecule has 0 fully saturated rings. The highest BCUT2D eigenvalue weighted by atomic mass is 16.4. The predicted molar refractivity (Wildman–Crippen MR) is 118 cm³/mol. The lowest BCUT2D eigenvalue weighted by atomic mass is 10.00. The zero-order chi connectivity index (χ0) is 25.1. The first kappa shape index (κ1) is 27.4. The lowest BCUT2D eigenvalue weighted by molar-refractivity contribution is -0.143. The molecule has 9 N–H and O–H groups in total. The maximum absolute atomic E-state index is 12.9. The number of carbonyl (C=O) groups is 5. The Balaban J connectivity index is 2.99. The van der Waals surface area contributed by atoms with Crippen LogP contribution in [0, 0.1) is 5.92 Å². The summed E-state index contributed by atoms with van der Waals surface area (Å²) in [7, 11) is 0. The van der Waals surface area contributed by atoms with Gasteiger partial charge in [-0.3, -0.25) is 19.2 Å². The Hall–Kier alpha value is -3.67. The number of rotatable bonds is 13. The number of carbonyl (C=O) groups excluding carboxylic acids is 4. The van der Waals surface area contributed by atoms with Crippen LogP contribution in [0.4, 0.5) is 0 Å². The maximum atomic E-state index is 12.9. The molecule has 0 saturated carbocycles. The molecule has 0 aliphatic carbocycles. The van der Waals surface area contributed by atoms with Gasteiger partial charge >= 0.3 is 5.97 Å². The van der Waals surface area contributed by atoms with Gasteiger partial charge in [-0.05, 0) is 30.0 Å². The summed E-state index contributed by atoms with van der Waals surface area (Å²) in [5, 5.41) is 26.1. The number of nitrogens with one attached hydrogen (secondary N) is 3. The van der Waals surface area contributed by atoms with Crippen molar-refractivity contribution in [2.45, 2.75) is 51.2 Å². The Morgan fingerprint density at radius 1 is 0.939 bits per heavy atom. The largest absolute Gasteiger partial charge is 0.508 e. The van der Waals surface area contributed by atoms with E-state index in [2.05, 4.69) is 16.0 Å². The van der Waals surface area contributed by atoms with E-state index in [-0.39, 0.29) is 31.6 Å². The Morgan fingerprint density at radius 2 is 1.55 bits per heavy atom. The Morgan fingerprint density at radius 3 is 2.03 bits per heavy atom. The summed E-state index contributed by atoms with van der Waals surface area (Å²) < 4.78 is 0. The van der Waals surface area contributed by atoms with E-state index >= 15 is 0 Å². The van der Waals surface area contributed by atoms with E-state index in [0.717, 1.165) is 0 Å². The van der Waals surface area contributed by atoms with Gasteiger partial charge in [-0.2, -0.15) is 0 Å². The van der Waals surface area contributed by atoms with Crippen molar-refractivity contribution in [1.82, 2.24) is 16.0 Å². The Bertz CT molecular complexity index is 857. The number of hydrogen-bond donors (Lipinski definition) is 7. The minimum Gasteiger partial charge on any atom is -0.508 e. The average Bonchev–Trinajstić information content (AvgIpc) is 2.74. The molecule has 33 heavy (non-hydrogen) atoms. The lowest BCUT2D eigenvalue weighted by Gasteiger charge is -2.26. The standard InChI is InChI=1S/C21H31N5O7/c1-11(2)18(20(31)25-14(21(32)33)7-8-16(23)28)26-19(30)15(24-17(29)10-22)9-12-3-5-13(27)6-4-12/h3-6,11,14-15,18,27H,7-10,22H2,1-2H3,(H2,23,28)(H,24,29)(H,25,31)(H,26,30)(H,32,33). The van der Waals surface area contributed by atoms with Crippen molar-refractivity contribution < 1.29 is 34.2 Å². The number of hydrogen-bond acceptors (Lipinski definition) is 7. The molecular formula is C21H31N5O7. The van der Waals surface area contributed by atoms with Crippen LogP contribution in [0.1, 0.15) is 32.3 Å². The normalized spacial score (nSPS) is 13.5. The van der Waals surface area contributed by atoms with Crippen molar-refractivity contribution in [3.8, 4) is 5.75 Å². The van der Waals surface area contributed by atoms with Crippen molar-refractivity contribution in [3.63, 3.8) is 0 Å². The SMILES string of the molecule is CC(C)C(NC(=O)C(Cc1ccc(O)cc1)NC(=O)CN)C(=O)NC(CCC(N)=O)C(=O)O. The molecule has 0 radical (unpaired) electrons. The minimum atomic E-state index is -1.37. The van der Waals surface area contributed by atoms with Crippen molar-refractivity contribution in [2.75, 3.05) is 6.54 Å². The fourth-order valence-electron chi connectivity index (χ4n) is 2.92. The number of carboxylic acid groups (broad SMARTS) is 1. The number of carboxylic acids is 1. The number of phenols is 1. The molecule has 0 heterocycles. The quantitative estimate of drug-likeness (QED) is 0.179. The van der Waals surface area contributed by atoms with Gasteiger partial charge in [-0.15, -0.1) is 0 Å². The van der Waals surface area contributed by atoms with Crippen LogP contribution in [-0.2, 0) is 30.4 Å². The minimum absolute atomic E-state index is 0.0339.